The van der Waals surface area contributed by atoms with Crippen LogP contribution in [0.1, 0.15) is 2.85 Å². The molecule has 12 heavy (non-hydrogen) atoms. The second kappa shape index (κ2) is 7.55. The van der Waals surface area contributed by atoms with Crippen LogP contribution >= 0.6 is 0 Å². The summed E-state index contributed by atoms with van der Waals surface area (Å²) >= 11 is 0. The van der Waals surface area contributed by atoms with E-state index in [9.17, 15) is 26.3 Å². The molecule has 0 fully saturated rings. The zero-order valence-corrected chi connectivity index (χ0v) is 10.4. The summed E-state index contributed by atoms with van der Waals surface area (Å²) < 4.78 is 69.4. The molecule has 0 aliphatic rings. The van der Waals surface area contributed by atoms with E-state index in [4.69, 9.17) is 0 Å². The van der Waals surface area contributed by atoms with Gasteiger partial charge in [-0.1, -0.05) is 0 Å². The van der Waals surface area contributed by atoms with Crippen LogP contribution in [-0.2, 0) is 0 Å². The van der Waals surface area contributed by atoms with Crippen molar-refractivity contribution in [3.8, 4) is 0 Å². The Balaban J connectivity index is -0.000000167. The average Bonchev–Trinajstić information content (AvgIpc) is 2.00. The van der Waals surface area contributed by atoms with E-state index in [1.165, 1.54) is 0 Å². The molecule has 0 rings (SSSR count). The number of hydrogen-bond acceptors (Lipinski definition) is 0. The second-order valence-electron chi connectivity index (χ2n) is 1.89. The molecule has 0 amide bonds. The Morgan fingerprint density at radius 1 is 0.917 bits per heavy atom. The average molecular weight is 319 g/mol. The summed E-state index contributed by atoms with van der Waals surface area (Å²) in [4.78, 5) is 0. The predicted octanol–water partition coefficient (Wildman–Crippen LogP) is 2.08. The van der Waals surface area contributed by atoms with Crippen LogP contribution in [0.25, 0.3) is 0 Å². The zero-order valence-electron chi connectivity index (χ0n) is 7.99. The summed E-state index contributed by atoms with van der Waals surface area (Å²) in [6.07, 6.45) is -12.8. The standard InChI is InChI=1S/C5H6F6.Ba.2H/c6-1-2(7)3(8)4(9)5(10)11;;;/h2-5H,1H2;;;/q;+2;2*-1. The third-order valence-electron chi connectivity index (χ3n) is 1.04. The third-order valence-corrected chi connectivity index (χ3v) is 1.04. The van der Waals surface area contributed by atoms with Crippen molar-refractivity contribution < 1.29 is 29.2 Å². The molecule has 0 heterocycles. The SMILES string of the molecule is FCC(F)C(F)C(F)C(F)F.[Ba+2].[H-].[H-]. The summed E-state index contributed by atoms with van der Waals surface area (Å²) in [5.74, 6) is 0. The van der Waals surface area contributed by atoms with Gasteiger partial charge in [0.15, 0.2) is 18.5 Å². The first-order valence-corrected chi connectivity index (χ1v) is 2.77. The van der Waals surface area contributed by atoms with Gasteiger partial charge >= 0.3 is 48.9 Å². The van der Waals surface area contributed by atoms with Gasteiger partial charge in [0.1, 0.15) is 6.67 Å². The Labute approximate surface area is 109 Å². The largest absolute Gasteiger partial charge is 2.00 e. The van der Waals surface area contributed by atoms with E-state index in [2.05, 4.69) is 0 Å². The summed E-state index contributed by atoms with van der Waals surface area (Å²) in [7, 11) is 0. The Morgan fingerprint density at radius 3 is 1.58 bits per heavy atom. The van der Waals surface area contributed by atoms with Crippen LogP contribution in [0, 0.1) is 0 Å². The zero-order chi connectivity index (χ0) is 9.02. The first-order chi connectivity index (χ1) is 5.00. The van der Waals surface area contributed by atoms with E-state index in [1.54, 1.807) is 0 Å². The molecule has 0 spiro atoms. The van der Waals surface area contributed by atoms with Crippen LogP contribution in [0.15, 0.2) is 0 Å². The number of rotatable bonds is 4. The van der Waals surface area contributed by atoms with Gasteiger partial charge in [0.05, 0.1) is 0 Å². The molecule has 3 atom stereocenters. The van der Waals surface area contributed by atoms with Crippen LogP contribution in [0.5, 0.6) is 0 Å². The van der Waals surface area contributed by atoms with Crippen molar-refractivity contribution in [2.75, 3.05) is 6.67 Å². The normalized spacial score (nSPS) is 18.2. The van der Waals surface area contributed by atoms with E-state index in [0.29, 0.717) is 0 Å². The number of alkyl halides is 6. The molecule has 0 aliphatic heterocycles. The first kappa shape index (κ1) is 15.6. The molecule has 0 nitrogen and oxygen atoms in total. The quantitative estimate of drug-likeness (QED) is 0.550. The summed E-state index contributed by atoms with van der Waals surface area (Å²) in [5.41, 5.74) is 0. The molecule has 0 saturated heterocycles. The molecule has 0 aromatic carbocycles. The molecule has 0 aromatic rings. The van der Waals surface area contributed by atoms with Gasteiger partial charge in [0.25, 0.3) is 6.43 Å². The molecule has 0 radical (unpaired) electrons. The third kappa shape index (κ3) is 5.01. The van der Waals surface area contributed by atoms with Crippen molar-refractivity contribution in [2.45, 2.75) is 24.9 Å². The van der Waals surface area contributed by atoms with Crippen molar-refractivity contribution in [3.05, 3.63) is 0 Å². The van der Waals surface area contributed by atoms with Gasteiger partial charge in [0, 0.05) is 0 Å². The van der Waals surface area contributed by atoms with E-state index in [-0.39, 0.29) is 51.7 Å². The van der Waals surface area contributed by atoms with E-state index < -0.39 is 31.6 Å². The minimum Gasteiger partial charge on any atom is -1.00 e. The summed E-state index contributed by atoms with van der Waals surface area (Å²) in [6.45, 7) is -1.80. The fourth-order valence-electron chi connectivity index (χ4n) is 0.424. The van der Waals surface area contributed by atoms with E-state index in [1.807, 2.05) is 0 Å². The monoisotopic (exact) mass is 320 g/mol. The second-order valence-corrected chi connectivity index (χ2v) is 1.89. The number of halogens is 6. The maximum Gasteiger partial charge on any atom is 2.00 e. The van der Waals surface area contributed by atoms with Crippen molar-refractivity contribution in [1.82, 2.24) is 0 Å². The fourth-order valence-corrected chi connectivity index (χ4v) is 0.424. The number of hydrogen-bond donors (Lipinski definition) is 0. The van der Waals surface area contributed by atoms with Gasteiger partial charge in [0.2, 0.25) is 0 Å². The molecule has 0 aromatic heterocycles. The fraction of sp³-hybridized carbons (Fsp3) is 1.00. The van der Waals surface area contributed by atoms with E-state index in [0.717, 1.165) is 0 Å². The molecule has 7 heteroatoms. The summed E-state index contributed by atoms with van der Waals surface area (Å²) in [5, 5.41) is 0. The van der Waals surface area contributed by atoms with Gasteiger partial charge in [-0.15, -0.1) is 0 Å². The molecule has 3 unspecified atom stereocenters. The van der Waals surface area contributed by atoms with Gasteiger partial charge in [-0.05, 0) is 0 Å². The van der Waals surface area contributed by atoms with E-state index >= 15 is 0 Å². The maximum absolute atomic E-state index is 12.0. The van der Waals surface area contributed by atoms with Crippen molar-refractivity contribution in [2.24, 2.45) is 0 Å². The van der Waals surface area contributed by atoms with Gasteiger partial charge in [-0.2, -0.15) is 0 Å². The molecule has 0 aliphatic carbocycles. The van der Waals surface area contributed by atoms with Crippen LogP contribution in [0.4, 0.5) is 26.3 Å². The molecule has 0 saturated carbocycles. The van der Waals surface area contributed by atoms with Gasteiger partial charge in [-0.3, -0.25) is 0 Å². The van der Waals surface area contributed by atoms with Crippen molar-refractivity contribution >= 4 is 48.9 Å². The van der Waals surface area contributed by atoms with Gasteiger partial charge < -0.3 is 2.85 Å². The molecule has 72 valence electrons. The van der Waals surface area contributed by atoms with Crippen LogP contribution in [0.3, 0.4) is 0 Å². The van der Waals surface area contributed by atoms with Crippen molar-refractivity contribution in [1.29, 1.82) is 0 Å². The van der Waals surface area contributed by atoms with Crippen molar-refractivity contribution in [3.63, 3.8) is 0 Å². The smallest absolute Gasteiger partial charge is 1.00 e. The Bertz CT molecular complexity index is 118. The van der Waals surface area contributed by atoms with Crippen LogP contribution in [-0.4, -0.2) is 80.5 Å². The van der Waals surface area contributed by atoms with Gasteiger partial charge in [-0.25, -0.2) is 26.3 Å². The Hall–Kier alpha value is 1.15. The molecule has 0 N–H and O–H groups in total. The Morgan fingerprint density at radius 2 is 1.33 bits per heavy atom. The minimum atomic E-state index is -3.62. The molecular weight excluding hydrogens is 311 g/mol. The van der Waals surface area contributed by atoms with Crippen LogP contribution in [0.2, 0.25) is 0 Å². The van der Waals surface area contributed by atoms with Crippen LogP contribution < -0.4 is 0 Å². The predicted molar refractivity (Wildman–Crippen MR) is 34.6 cm³/mol. The summed E-state index contributed by atoms with van der Waals surface area (Å²) in [6, 6.07) is 0. The first-order valence-electron chi connectivity index (χ1n) is 2.77. The topological polar surface area (TPSA) is 0 Å². The molecular formula is C5H8BaF6. The molecule has 0 bridgehead atoms. The minimum absolute atomic E-state index is 0. The Kier molecular flexibility index (Phi) is 9.82. The maximum atomic E-state index is 12.0.